The number of fused-ring (bicyclic) bond motifs is 1. The van der Waals surface area contributed by atoms with Crippen LogP contribution in [0.2, 0.25) is 0 Å². The fraction of sp³-hybridized carbons (Fsp3) is 0.588. The number of nitrogens with zero attached hydrogens (tertiary/aromatic N) is 1. The molecule has 4 heteroatoms. The van der Waals surface area contributed by atoms with E-state index < -0.39 is 0 Å². The fourth-order valence-electron chi connectivity index (χ4n) is 3.53. The molecule has 21 heavy (non-hydrogen) atoms. The molecule has 2 fully saturated rings. The van der Waals surface area contributed by atoms with Crippen molar-refractivity contribution in [1.82, 2.24) is 4.90 Å². The minimum Gasteiger partial charge on any atom is -0.382 e. The third-order valence-corrected chi connectivity index (χ3v) is 4.66. The molecule has 2 unspecified atom stereocenters. The maximum Gasteiger partial charge on any atom is 0.224 e. The summed E-state index contributed by atoms with van der Waals surface area (Å²) in [5, 5.41) is 6.57. The summed E-state index contributed by atoms with van der Waals surface area (Å²) in [4.78, 5) is 14.1. The number of rotatable bonds is 4. The highest BCUT2D eigenvalue weighted by atomic mass is 16.1. The summed E-state index contributed by atoms with van der Waals surface area (Å²) in [5.74, 6) is 0.0615. The molecular weight excluding hydrogens is 262 g/mol. The number of carbonyl (C=O) groups excluding carboxylic acids is 1. The molecule has 2 atom stereocenters. The van der Waals surface area contributed by atoms with E-state index in [1.807, 2.05) is 25.1 Å². The van der Waals surface area contributed by atoms with Crippen LogP contribution in [0.3, 0.4) is 0 Å². The number of carbonyl (C=O) groups is 1. The van der Waals surface area contributed by atoms with E-state index in [4.69, 9.17) is 0 Å². The van der Waals surface area contributed by atoms with Crippen LogP contribution in [0.1, 0.15) is 39.0 Å². The van der Waals surface area contributed by atoms with Crippen molar-refractivity contribution in [3.63, 3.8) is 0 Å². The maximum atomic E-state index is 11.5. The van der Waals surface area contributed by atoms with Crippen molar-refractivity contribution >= 4 is 17.3 Å². The molecule has 0 radical (unpaired) electrons. The second-order valence-corrected chi connectivity index (χ2v) is 6.18. The van der Waals surface area contributed by atoms with Gasteiger partial charge in [-0.3, -0.25) is 4.79 Å². The first kappa shape index (κ1) is 14.4. The third-order valence-electron chi connectivity index (χ3n) is 4.66. The summed E-state index contributed by atoms with van der Waals surface area (Å²) in [5.41, 5.74) is 1.99. The van der Waals surface area contributed by atoms with Crippen LogP contribution in [-0.2, 0) is 4.79 Å². The molecule has 1 amide bonds. The molecule has 1 aromatic carbocycles. The van der Waals surface area contributed by atoms with Gasteiger partial charge in [0.2, 0.25) is 5.91 Å². The van der Waals surface area contributed by atoms with Crippen LogP contribution >= 0.6 is 0 Å². The molecule has 0 aromatic heterocycles. The van der Waals surface area contributed by atoms with Gasteiger partial charge in [0, 0.05) is 36.4 Å². The molecule has 0 bridgehead atoms. The molecule has 2 aliphatic heterocycles. The highest BCUT2D eigenvalue weighted by molar-refractivity contribution is 5.90. The van der Waals surface area contributed by atoms with E-state index in [9.17, 15) is 4.79 Å². The third kappa shape index (κ3) is 3.56. The van der Waals surface area contributed by atoms with Gasteiger partial charge in [0.05, 0.1) is 0 Å². The van der Waals surface area contributed by atoms with Crippen LogP contribution in [0, 0.1) is 0 Å². The Morgan fingerprint density at radius 1 is 1.29 bits per heavy atom. The summed E-state index contributed by atoms with van der Waals surface area (Å²) in [6, 6.07) is 9.40. The Morgan fingerprint density at radius 3 is 3.00 bits per heavy atom. The van der Waals surface area contributed by atoms with Crippen LogP contribution in [0.15, 0.2) is 24.3 Å². The van der Waals surface area contributed by atoms with Crippen molar-refractivity contribution < 1.29 is 4.79 Å². The molecular formula is C17H25N3O. The average molecular weight is 287 g/mol. The lowest BCUT2D eigenvalue weighted by atomic mass is 9.97. The number of amides is 1. The monoisotopic (exact) mass is 287 g/mol. The van der Waals surface area contributed by atoms with Crippen LogP contribution in [0.25, 0.3) is 0 Å². The van der Waals surface area contributed by atoms with Gasteiger partial charge in [-0.15, -0.1) is 0 Å². The van der Waals surface area contributed by atoms with Crippen molar-refractivity contribution in [2.45, 2.75) is 51.1 Å². The topological polar surface area (TPSA) is 44.4 Å². The molecule has 114 valence electrons. The number of nitrogens with one attached hydrogen (secondary N) is 2. The summed E-state index contributed by atoms with van der Waals surface area (Å²) < 4.78 is 0. The molecule has 2 heterocycles. The first-order valence-electron chi connectivity index (χ1n) is 8.15. The second kappa shape index (κ2) is 6.48. The Hall–Kier alpha value is -1.55. The van der Waals surface area contributed by atoms with E-state index in [1.54, 1.807) is 0 Å². The lowest BCUT2D eigenvalue weighted by molar-refractivity contribution is -0.115. The number of hydrogen-bond acceptors (Lipinski definition) is 3. The van der Waals surface area contributed by atoms with Crippen molar-refractivity contribution in [2.24, 2.45) is 0 Å². The first-order valence-corrected chi connectivity index (χ1v) is 8.15. The van der Waals surface area contributed by atoms with Crippen molar-refractivity contribution in [1.29, 1.82) is 0 Å². The van der Waals surface area contributed by atoms with Gasteiger partial charge in [-0.2, -0.15) is 0 Å². The van der Waals surface area contributed by atoms with Crippen LogP contribution in [0.4, 0.5) is 11.4 Å². The molecule has 2 saturated heterocycles. The van der Waals surface area contributed by atoms with Gasteiger partial charge >= 0.3 is 0 Å². The Kier molecular flexibility index (Phi) is 4.44. The molecule has 1 aromatic rings. The van der Waals surface area contributed by atoms with Crippen molar-refractivity contribution in [2.75, 3.05) is 23.7 Å². The van der Waals surface area contributed by atoms with E-state index in [0.717, 1.165) is 17.4 Å². The quantitative estimate of drug-likeness (QED) is 0.894. The summed E-state index contributed by atoms with van der Waals surface area (Å²) in [7, 11) is 0. The van der Waals surface area contributed by atoms with Gasteiger partial charge in [-0.25, -0.2) is 0 Å². The van der Waals surface area contributed by atoms with Gasteiger partial charge < -0.3 is 15.5 Å². The Labute approximate surface area is 126 Å². The zero-order valence-electron chi connectivity index (χ0n) is 12.8. The Bertz CT molecular complexity index is 503. The molecule has 0 saturated carbocycles. The Balaban J connectivity index is 1.59. The van der Waals surface area contributed by atoms with Crippen LogP contribution < -0.4 is 10.6 Å². The van der Waals surface area contributed by atoms with E-state index in [2.05, 4.69) is 21.6 Å². The molecule has 0 aliphatic carbocycles. The molecule has 2 N–H and O–H groups in total. The van der Waals surface area contributed by atoms with E-state index in [0.29, 0.717) is 12.5 Å². The number of anilines is 2. The minimum absolute atomic E-state index is 0.0615. The standard InChI is InChI=1S/C17H25N3O/c1-2-17(21)19-14-6-3-5-13(11-14)18-15-8-10-20-9-4-7-16(20)12-15/h3,5-6,11,15-16,18H,2,4,7-10,12H2,1H3,(H,19,21). The number of piperidine rings is 1. The van der Waals surface area contributed by atoms with E-state index in [-0.39, 0.29) is 5.91 Å². The highest BCUT2D eigenvalue weighted by Crippen LogP contribution is 2.29. The zero-order chi connectivity index (χ0) is 14.7. The normalized spacial score (nSPS) is 25.4. The van der Waals surface area contributed by atoms with Crippen molar-refractivity contribution in [3.8, 4) is 0 Å². The second-order valence-electron chi connectivity index (χ2n) is 6.18. The first-order chi connectivity index (χ1) is 10.2. The zero-order valence-corrected chi connectivity index (χ0v) is 12.8. The predicted molar refractivity (Wildman–Crippen MR) is 86.6 cm³/mol. The predicted octanol–water partition coefficient (Wildman–Crippen LogP) is 3.07. The molecule has 0 spiro atoms. The summed E-state index contributed by atoms with van der Waals surface area (Å²) >= 11 is 0. The number of hydrogen-bond donors (Lipinski definition) is 2. The van der Waals surface area contributed by atoms with Gasteiger partial charge in [-0.1, -0.05) is 13.0 Å². The Morgan fingerprint density at radius 2 is 2.14 bits per heavy atom. The van der Waals surface area contributed by atoms with E-state index >= 15 is 0 Å². The molecule has 3 rings (SSSR count). The number of benzene rings is 1. The summed E-state index contributed by atoms with van der Waals surface area (Å²) in [6.45, 7) is 4.37. The van der Waals surface area contributed by atoms with Gasteiger partial charge in [0.15, 0.2) is 0 Å². The SMILES string of the molecule is CCC(=O)Nc1cccc(NC2CCN3CCCC3C2)c1. The van der Waals surface area contributed by atoms with E-state index in [1.165, 1.54) is 38.8 Å². The van der Waals surface area contributed by atoms with Gasteiger partial charge in [-0.05, 0) is 50.4 Å². The van der Waals surface area contributed by atoms with Gasteiger partial charge in [0.1, 0.15) is 0 Å². The lowest BCUT2D eigenvalue weighted by Gasteiger charge is -2.35. The van der Waals surface area contributed by atoms with Gasteiger partial charge in [0.25, 0.3) is 0 Å². The smallest absolute Gasteiger partial charge is 0.224 e. The maximum absolute atomic E-state index is 11.5. The summed E-state index contributed by atoms with van der Waals surface area (Å²) in [6.07, 6.45) is 5.67. The largest absolute Gasteiger partial charge is 0.382 e. The highest BCUT2D eigenvalue weighted by Gasteiger charge is 2.31. The van der Waals surface area contributed by atoms with Crippen LogP contribution in [0.5, 0.6) is 0 Å². The fourth-order valence-corrected chi connectivity index (χ4v) is 3.53. The average Bonchev–Trinajstić information content (AvgIpc) is 2.95. The molecule has 2 aliphatic rings. The van der Waals surface area contributed by atoms with Crippen molar-refractivity contribution in [3.05, 3.63) is 24.3 Å². The van der Waals surface area contributed by atoms with Crippen LogP contribution in [-0.4, -0.2) is 36.0 Å². The molecule has 4 nitrogen and oxygen atoms in total. The minimum atomic E-state index is 0.0615. The lowest BCUT2D eigenvalue weighted by Crippen LogP contribution is -2.42.